The van der Waals surface area contributed by atoms with Crippen molar-refractivity contribution in [3.63, 3.8) is 0 Å². The molecule has 0 radical (unpaired) electrons. The SMILES string of the molecule is CCCCC(NC(=O)c1cccc(S(=O)(=O)CC)c1)C(=O)O. The lowest BCUT2D eigenvalue weighted by molar-refractivity contribution is -0.139. The number of sulfone groups is 1. The first-order chi connectivity index (χ1) is 10.3. The molecule has 6 nitrogen and oxygen atoms in total. The van der Waals surface area contributed by atoms with Crippen LogP contribution in [0.15, 0.2) is 29.2 Å². The monoisotopic (exact) mass is 327 g/mol. The first kappa shape index (κ1) is 18.2. The van der Waals surface area contributed by atoms with Gasteiger partial charge < -0.3 is 10.4 Å². The Morgan fingerprint density at radius 3 is 2.50 bits per heavy atom. The van der Waals surface area contributed by atoms with Crippen molar-refractivity contribution in [1.82, 2.24) is 5.32 Å². The minimum Gasteiger partial charge on any atom is -0.480 e. The number of rotatable bonds is 8. The van der Waals surface area contributed by atoms with E-state index in [9.17, 15) is 18.0 Å². The first-order valence-corrected chi connectivity index (χ1v) is 8.83. The number of carboxylic acids is 1. The molecule has 1 amide bonds. The zero-order valence-corrected chi connectivity index (χ0v) is 13.5. The Morgan fingerprint density at radius 1 is 1.27 bits per heavy atom. The molecule has 0 aliphatic rings. The van der Waals surface area contributed by atoms with E-state index < -0.39 is 27.8 Å². The molecule has 2 N–H and O–H groups in total. The summed E-state index contributed by atoms with van der Waals surface area (Å²) in [6, 6.07) is 4.65. The number of aliphatic carboxylic acids is 1. The third kappa shape index (κ3) is 4.84. The summed E-state index contributed by atoms with van der Waals surface area (Å²) in [5.41, 5.74) is 0.136. The summed E-state index contributed by atoms with van der Waals surface area (Å²) in [5, 5.41) is 11.5. The van der Waals surface area contributed by atoms with Crippen molar-refractivity contribution >= 4 is 21.7 Å². The van der Waals surface area contributed by atoms with Crippen molar-refractivity contribution in [3.05, 3.63) is 29.8 Å². The molecule has 7 heteroatoms. The zero-order valence-electron chi connectivity index (χ0n) is 12.7. The van der Waals surface area contributed by atoms with Crippen molar-refractivity contribution in [3.8, 4) is 0 Å². The van der Waals surface area contributed by atoms with E-state index in [0.717, 1.165) is 6.42 Å². The van der Waals surface area contributed by atoms with Gasteiger partial charge >= 0.3 is 5.97 Å². The highest BCUT2D eigenvalue weighted by Crippen LogP contribution is 2.13. The molecule has 1 rings (SSSR count). The molecule has 0 aromatic heterocycles. The number of carbonyl (C=O) groups excluding carboxylic acids is 1. The van der Waals surface area contributed by atoms with Crippen LogP contribution in [0.25, 0.3) is 0 Å². The minimum atomic E-state index is -3.41. The van der Waals surface area contributed by atoms with Gasteiger partial charge in [-0.25, -0.2) is 13.2 Å². The Morgan fingerprint density at radius 2 is 1.95 bits per heavy atom. The third-order valence-corrected chi connectivity index (χ3v) is 5.02. The molecule has 1 unspecified atom stereocenters. The lowest BCUT2D eigenvalue weighted by atomic mass is 10.1. The number of hydrogen-bond acceptors (Lipinski definition) is 4. The van der Waals surface area contributed by atoms with Crippen molar-refractivity contribution in [1.29, 1.82) is 0 Å². The predicted molar refractivity (Wildman–Crippen MR) is 82.6 cm³/mol. The average molecular weight is 327 g/mol. The van der Waals surface area contributed by atoms with Crippen molar-refractivity contribution in [2.24, 2.45) is 0 Å². The van der Waals surface area contributed by atoms with Gasteiger partial charge in [0.25, 0.3) is 5.91 Å². The van der Waals surface area contributed by atoms with E-state index in [-0.39, 0.29) is 16.2 Å². The number of nitrogens with one attached hydrogen (secondary N) is 1. The molecule has 0 spiro atoms. The van der Waals surface area contributed by atoms with Gasteiger partial charge in [-0.2, -0.15) is 0 Å². The molecule has 1 aromatic carbocycles. The molecular weight excluding hydrogens is 306 g/mol. The molecule has 0 saturated carbocycles. The Bertz CT molecular complexity index is 639. The molecule has 0 bridgehead atoms. The number of hydrogen-bond donors (Lipinski definition) is 2. The van der Waals surface area contributed by atoms with Gasteiger partial charge in [-0.3, -0.25) is 4.79 Å². The van der Waals surface area contributed by atoms with Crippen LogP contribution in [0.1, 0.15) is 43.5 Å². The largest absolute Gasteiger partial charge is 0.480 e. The first-order valence-electron chi connectivity index (χ1n) is 7.18. The second-order valence-corrected chi connectivity index (χ2v) is 7.22. The summed E-state index contributed by atoms with van der Waals surface area (Å²) in [4.78, 5) is 23.3. The molecule has 1 atom stereocenters. The highest BCUT2D eigenvalue weighted by atomic mass is 32.2. The number of carbonyl (C=O) groups is 2. The number of benzene rings is 1. The van der Waals surface area contributed by atoms with Crippen LogP contribution in [0.2, 0.25) is 0 Å². The molecule has 0 fully saturated rings. The lowest BCUT2D eigenvalue weighted by Gasteiger charge is -2.14. The fourth-order valence-electron chi connectivity index (χ4n) is 1.90. The maximum absolute atomic E-state index is 12.1. The van der Waals surface area contributed by atoms with Crippen LogP contribution >= 0.6 is 0 Å². The van der Waals surface area contributed by atoms with E-state index in [1.807, 2.05) is 6.92 Å². The second kappa shape index (κ2) is 7.93. The van der Waals surface area contributed by atoms with E-state index in [0.29, 0.717) is 12.8 Å². The summed E-state index contributed by atoms with van der Waals surface area (Å²) in [7, 11) is -3.41. The van der Waals surface area contributed by atoms with Crippen LogP contribution < -0.4 is 5.32 Å². The van der Waals surface area contributed by atoms with Crippen LogP contribution in [0.4, 0.5) is 0 Å². The normalized spacial score (nSPS) is 12.6. The minimum absolute atomic E-state index is 0.0584. The molecule has 1 aromatic rings. The quantitative estimate of drug-likeness (QED) is 0.759. The van der Waals surface area contributed by atoms with Gasteiger partial charge in [0.1, 0.15) is 6.04 Å². The Balaban J connectivity index is 2.93. The third-order valence-electron chi connectivity index (χ3n) is 3.29. The van der Waals surface area contributed by atoms with Crippen molar-refractivity contribution < 1.29 is 23.1 Å². The van der Waals surface area contributed by atoms with Gasteiger partial charge in [0.05, 0.1) is 10.6 Å². The van der Waals surface area contributed by atoms with Crippen LogP contribution in [0.3, 0.4) is 0 Å². The second-order valence-electron chi connectivity index (χ2n) is 4.94. The summed E-state index contributed by atoms with van der Waals surface area (Å²) < 4.78 is 23.6. The summed E-state index contributed by atoms with van der Waals surface area (Å²) >= 11 is 0. The highest BCUT2D eigenvalue weighted by Gasteiger charge is 2.21. The van der Waals surface area contributed by atoms with Gasteiger partial charge in [-0.1, -0.05) is 32.8 Å². The summed E-state index contributed by atoms with van der Waals surface area (Å²) in [6.07, 6.45) is 1.84. The van der Waals surface area contributed by atoms with E-state index in [1.165, 1.54) is 31.2 Å². The Hall–Kier alpha value is -1.89. The fraction of sp³-hybridized carbons (Fsp3) is 0.467. The van der Waals surface area contributed by atoms with E-state index in [1.54, 1.807) is 0 Å². The number of unbranched alkanes of at least 4 members (excludes halogenated alkanes) is 1. The Kier molecular flexibility index (Phi) is 6.55. The van der Waals surface area contributed by atoms with Gasteiger partial charge in [0, 0.05) is 5.56 Å². The molecule has 0 aliphatic carbocycles. The van der Waals surface area contributed by atoms with Crippen LogP contribution in [-0.2, 0) is 14.6 Å². The lowest BCUT2D eigenvalue weighted by Crippen LogP contribution is -2.40. The van der Waals surface area contributed by atoms with Crippen LogP contribution in [0, 0.1) is 0 Å². The smallest absolute Gasteiger partial charge is 0.326 e. The van der Waals surface area contributed by atoms with Gasteiger partial charge in [0.15, 0.2) is 9.84 Å². The molecule has 22 heavy (non-hydrogen) atoms. The molecule has 0 saturated heterocycles. The van der Waals surface area contributed by atoms with E-state index in [4.69, 9.17) is 5.11 Å². The summed E-state index contributed by atoms with van der Waals surface area (Å²) in [5.74, 6) is -1.75. The standard InChI is InChI=1S/C15H21NO5S/c1-3-5-9-13(15(18)19)16-14(17)11-7-6-8-12(10-11)22(20,21)4-2/h6-8,10,13H,3-5,9H2,1-2H3,(H,16,17)(H,18,19). The predicted octanol–water partition coefficient (Wildman–Crippen LogP) is 1.85. The van der Waals surface area contributed by atoms with Crippen LogP contribution in [-0.4, -0.2) is 37.2 Å². The van der Waals surface area contributed by atoms with Crippen LogP contribution in [0.5, 0.6) is 0 Å². The highest BCUT2D eigenvalue weighted by molar-refractivity contribution is 7.91. The maximum Gasteiger partial charge on any atom is 0.326 e. The molecule has 122 valence electrons. The van der Waals surface area contributed by atoms with Crippen molar-refractivity contribution in [2.75, 3.05) is 5.75 Å². The van der Waals surface area contributed by atoms with E-state index >= 15 is 0 Å². The van der Waals surface area contributed by atoms with Gasteiger partial charge in [-0.05, 0) is 24.6 Å². The number of carboxylic acid groups (broad SMARTS) is 1. The van der Waals surface area contributed by atoms with E-state index in [2.05, 4.69) is 5.32 Å². The summed E-state index contributed by atoms with van der Waals surface area (Å²) in [6.45, 7) is 3.45. The molecule has 0 heterocycles. The van der Waals surface area contributed by atoms with Gasteiger partial charge in [-0.15, -0.1) is 0 Å². The topological polar surface area (TPSA) is 101 Å². The Labute approximate surface area is 130 Å². The average Bonchev–Trinajstić information content (AvgIpc) is 2.51. The van der Waals surface area contributed by atoms with Gasteiger partial charge in [0.2, 0.25) is 0 Å². The van der Waals surface area contributed by atoms with Crippen molar-refractivity contribution in [2.45, 2.75) is 44.0 Å². The number of amides is 1. The maximum atomic E-state index is 12.1. The zero-order chi connectivity index (χ0) is 16.8. The molecule has 0 aliphatic heterocycles. The fourth-order valence-corrected chi connectivity index (χ4v) is 2.83. The molecular formula is C15H21NO5S.